The number of Topliss-reactive ketones (excluding diaryl/α,β-unsaturated/α-hetero) is 2. The molecule has 0 fully saturated rings. The molecule has 1 aliphatic carbocycles. The molecule has 1 aromatic heterocycles. The molecule has 31 heavy (non-hydrogen) atoms. The molecule has 170 valence electrons. The van der Waals surface area contributed by atoms with E-state index in [1.807, 2.05) is 44.2 Å². The number of carbonyl (C=O) groups is 3. The van der Waals surface area contributed by atoms with Gasteiger partial charge in [0.05, 0.1) is 5.52 Å². The number of hydrogen-bond donors (Lipinski definition) is 0. The van der Waals surface area contributed by atoms with Crippen LogP contribution >= 0.6 is 0 Å². The summed E-state index contributed by atoms with van der Waals surface area (Å²) in [6, 6.07) is 9.62. The minimum atomic E-state index is 0. The van der Waals surface area contributed by atoms with Crippen molar-refractivity contribution in [2.24, 2.45) is 0 Å². The van der Waals surface area contributed by atoms with Gasteiger partial charge in [0, 0.05) is 17.1 Å². The Bertz CT molecular complexity index is 919. The highest BCUT2D eigenvalue weighted by atomic mass is 16.1. The Morgan fingerprint density at radius 3 is 1.97 bits per heavy atom. The van der Waals surface area contributed by atoms with Gasteiger partial charge < -0.3 is 0 Å². The van der Waals surface area contributed by atoms with Crippen LogP contribution in [-0.4, -0.2) is 22.3 Å². The second-order valence-electron chi connectivity index (χ2n) is 7.34. The molecular weight excluding hydrogens is 386 g/mol. The van der Waals surface area contributed by atoms with Crippen LogP contribution in [0.4, 0.5) is 0 Å². The monoisotopic (exact) mass is 425 g/mol. The zero-order chi connectivity index (χ0) is 21.8. The maximum atomic E-state index is 11.0. The molecule has 0 saturated carbocycles. The van der Waals surface area contributed by atoms with E-state index < -0.39 is 0 Å². The molecule has 4 heteroatoms. The van der Waals surface area contributed by atoms with Gasteiger partial charge in [0.25, 0.3) is 0 Å². The fraction of sp³-hybridized carbons (Fsp3) is 0.407. The average molecular weight is 426 g/mol. The molecule has 4 nitrogen and oxygen atoms in total. The Labute approximate surface area is 188 Å². The van der Waals surface area contributed by atoms with Crippen molar-refractivity contribution in [3.63, 3.8) is 0 Å². The summed E-state index contributed by atoms with van der Waals surface area (Å²) in [6.07, 6.45) is 9.88. The van der Waals surface area contributed by atoms with E-state index in [1.54, 1.807) is 33.0 Å². The number of para-hydroxylation sites is 1. The van der Waals surface area contributed by atoms with Crippen molar-refractivity contribution in [3.8, 4) is 0 Å². The molecule has 1 heterocycles. The first kappa shape index (κ1) is 30.3. The fourth-order valence-corrected chi connectivity index (χ4v) is 2.83. The van der Waals surface area contributed by atoms with Crippen LogP contribution in [0.1, 0.15) is 85.5 Å². The van der Waals surface area contributed by atoms with Crippen molar-refractivity contribution >= 4 is 28.3 Å². The quantitative estimate of drug-likeness (QED) is 0.381. The number of carbonyl (C=O) groups excluding carboxylic acids is 3. The van der Waals surface area contributed by atoms with Gasteiger partial charge in [0.15, 0.2) is 17.3 Å². The Hall–Kier alpha value is -2.88. The number of aromatic nitrogens is 1. The summed E-state index contributed by atoms with van der Waals surface area (Å²) in [4.78, 5) is 36.1. The minimum Gasteiger partial charge on any atom is -0.295 e. The summed E-state index contributed by atoms with van der Waals surface area (Å²) in [5.74, 6) is 0.438. The Kier molecular flexibility index (Phi) is 15.5. The molecular formula is C27H39NO3. The zero-order valence-electron chi connectivity index (χ0n) is 18.1. The third-order valence-electron chi connectivity index (χ3n) is 4.23. The highest BCUT2D eigenvalue weighted by Crippen LogP contribution is 2.17. The van der Waals surface area contributed by atoms with E-state index >= 15 is 0 Å². The first-order chi connectivity index (χ1) is 13.7. The first-order valence-corrected chi connectivity index (χ1v) is 9.92. The lowest BCUT2D eigenvalue weighted by atomic mass is 9.97. The van der Waals surface area contributed by atoms with Crippen molar-refractivity contribution in [2.45, 2.75) is 75.2 Å². The van der Waals surface area contributed by atoms with Crippen molar-refractivity contribution in [3.05, 3.63) is 65.4 Å². The maximum absolute atomic E-state index is 11.0. The van der Waals surface area contributed by atoms with Crippen molar-refractivity contribution < 1.29 is 14.4 Å². The van der Waals surface area contributed by atoms with Gasteiger partial charge in [-0.2, -0.15) is 0 Å². The van der Waals surface area contributed by atoms with Crippen molar-refractivity contribution in [1.82, 2.24) is 4.98 Å². The van der Waals surface area contributed by atoms with Crippen LogP contribution in [0.3, 0.4) is 0 Å². The number of ketones is 3. The Morgan fingerprint density at radius 1 is 0.903 bits per heavy atom. The number of rotatable bonds is 3. The summed E-state index contributed by atoms with van der Waals surface area (Å²) in [6.45, 7) is 8.55. The average Bonchev–Trinajstić information content (AvgIpc) is 2.68. The van der Waals surface area contributed by atoms with Gasteiger partial charge in [0.2, 0.25) is 0 Å². The zero-order valence-corrected chi connectivity index (χ0v) is 18.1. The van der Waals surface area contributed by atoms with Crippen LogP contribution in [0, 0.1) is 0 Å². The second-order valence-corrected chi connectivity index (χ2v) is 7.34. The van der Waals surface area contributed by atoms with Crippen molar-refractivity contribution in [2.75, 3.05) is 0 Å². The van der Waals surface area contributed by atoms with Crippen LogP contribution in [-0.2, 0) is 9.59 Å². The smallest absolute Gasteiger partial charge is 0.161 e. The normalized spacial score (nSPS) is 11.6. The molecule has 0 radical (unpaired) electrons. The lowest BCUT2D eigenvalue weighted by Crippen LogP contribution is -2.00. The molecule has 3 rings (SSSR count). The highest BCUT2D eigenvalue weighted by molar-refractivity contribution is 5.97. The number of hydrogen-bond acceptors (Lipinski definition) is 4. The van der Waals surface area contributed by atoms with Crippen LogP contribution < -0.4 is 0 Å². The predicted molar refractivity (Wildman–Crippen MR) is 133 cm³/mol. The molecule has 1 aromatic carbocycles. The Balaban J connectivity index is 0. The highest BCUT2D eigenvalue weighted by Gasteiger charge is 2.06. The van der Waals surface area contributed by atoms with Crippen LogP contribution in [0.5, 0.6) is 0 Å². The van der Waals surface area contributed by atoms with E-state index in [2.05, 4.69) is 11.1 Å². The lowest BCUT2D eigenvalue weighted by Gasteiger charge is -2.07. The van der Waals surface area contributed by atoms with Gasteiger partial charge in [-0.1, -0.05) is 44.7 Å². The third kappa shape index (κ3) is 12.4. The van der Waals surface area contributed by atoms with Crippen LogP contribution in [0.2, 0.25) is 0 Å². The molecule has 1 aliphatic rings. The molecule has 0 atom stereocenters. The summed E-state index contributed by atoms with van der Waals surface area (Å²) in [5, 5.41) is 1.01. The summed E-state index contributed by atoms with van der Waals surface area (Å²) >= 11 is 0. The lowest BCUT2D eigenvalue weighted by molar-refractivity contribution is -0.114. The van der Waals surface area contributed by atoms with E-state index in [-0.39, 0.29) is 32.2 Å². The van der Waals surface area contributed by atoms with E-state index in [0.717, 1.165) is 34.9 Å². The number of fused-ring (bicyclic) bond motifs is 1. The molecule has 0 bridgehead atoms. The van der Waals surface area contributed by atoms with Crippen LogP contribution in [0.25, 0.3) is 10.9 Å². The summed E-state index contributed by atoms with van der Waals surface area (Å²) in [7, 11) is 0. The SMILES string of the molecule is C.C.CC(=O)C1=CCCCC1.CC(=O)C=C(C)C.CC(=O)c1cnc2ccccc2c1. The minimum absolute atomic E-state index is 0. The van der Waals surface area contributed by atoms with Crippen molar-refractivity contribution in [1.29, 1.82) is 0 Å². The predicted octanol–water partition coefficient (Wildman–Crippen LogP) is 7.33. The number of allylic oxidation sites excluding steroid dienone is 4. The van der Waals surface area contributed by atoms with Crippen LogP contribution in [0.15, 0.2) is 59.8 Å². The standard InChI is InChI=1S/C11H9NO.C8H12O.C6H10O.2CH4/c1-8(13)10-6-9-4-2-3-5-11(9)12-7-10;1-7(9)8-5-3-2-4-6-8;1-5(2)4-6(3)7;;/h2-7H,1H3;5H,2-4,6H2,1H3;4H,1-3H3;2*1H4. The molecule has 0 aliphatic heterocycles. The number of nitrogens with zero attached hydrogens (tertiary/aromatic N) is 1. The molecule has 0 amide bonds. The van der Waals surface area contributed by atoms with Gasteiger partial charge in [-0.05, 0) is 84.1 Å². The largest absolute Gasteiger partial charge is 0.295 e. The van der Waals surface area contributed by atoms with E-state index in [9.17, 15) is 14.4 Å². The van der Waals surface area contributed by atoms with E-state index in [1.165, 1.54) is 12.8 Å². The second kappa shape index (κ2) is 15.9. The molecule has 2 aromatic rings. The van der Waals surface area contributed by atoms with Gasteiger partial charge in [0.1, 0.15) is 0 Å². The third-order valence-corrected chi connectivity index (χ3v) is 4.23. The molecule has 0 spiro atoms. The van der Waals surface area contributed by atoms with Gasteiger partial charge in [-0.15, -0.1) is 0 Å². The summed E-state index contributed by atoms with van der Waals surface area (Å²) in [5.41, 5.74) is 3.69. The number of benzene rings is 1. The topological polar surface area (TPSA) is 64.1 Å². The fourth-order valence-electron chi connectivity index (χ4n) is 2.83. The van der Waals surface area contributed by atoms with Gasteiger partial charge in [-0.3, -0.25) is 19.4 Å². The van der Waals surface area contributed by atoms with Gasteiger partial charge in [-0.25, -0.2) is 0 Å². The molecule has 0 unspecified atom stereocenters. The molecule has 0 saturated heterocycles. The van der Waals surface area contributed by atoms with E-state index in [4.69, 9.17) is 0 Å². The van der Waals surface area contributed by atoms with Gasteiger partial charge >= 0.3 is 0 Å². The number of pyridine rings is 1. The first-order valence-electron chi connectivity index (χ1n) is 9.92. The Morgan fingerprint density at radius 2 is 1.55 bits per heavy atom. The maximum Gasteiger partial charge on any atom is 0.161 e. The molecule has 0 N–H and O–H groups in total. The van der Waals surface area contributed by atoms with E-state index in [0.29, 0.717) is 5.56 Å². The summed E-state index contributed by atoms with van der Waals surface area (Å²) < 4.78 is 0.